The fourth-order valence-electron chi connectivity index (χ4n) is 3.36. The molecule has 0 aromatic heterocycles. The zero-order valence-corrected chi connectivity index (χ0v) is 18.4. The van der Waals surface area contributed by atoms with E-state index in [1.54, 1.807) is 4.90 Å². The molecular weight excluding hydrogens is 326 g/mol. The number of carbonyl (C=O) groups is 2. The Morgan fingerprint density at radius 3 is 2.40 bits per heavy atom. The number of likely N-dealkylation sites (tertiary alicyclic amines) is 2. The van der Waals surface area contributed by atoms with Crippen molar-refractivity contribution in [1.29, 1.82) is 0 Å². The quantitative estimate of drug-likeness (QED) is 0.601. The molecule has 108 valence electrons. The molecule has 2 heterocycles. The molecule has 5 heteroatoms. The minimum absolute atomic E-state index is 0. The van der Waals surface area contributed by atoms with Crippen LogP contribution in [0.25, 0.3) is 0 Å². The molecule has 2 aliphatic heterocycles. The van der Waals surface area contributed by atoms with Gasteiger partial charge in [0.15, 0.2) is 0 Å². The van der Waals surface area contributed by atoms with Crippen molar-refractivity contribution >= 4 is 11.7 Å². The molecule has 2 fully saturated rings. The van der Waals surface area contributed by atoms with Gasteiger partial charge < -0.3 is 9.69 Å². The van der Waals surface area contributed by atoms with Crippen LogP contribution in [-0.2, 0) is 9.59 Å². The second-order valence-corrected chi connectivity index (χ2v) is 6.36. The van der Waals surface area contributed by atoms with Gasteiger partial charge in [0.25, 0.3) is 0 Å². The topological polar surface area (TPSA) is 40.6 Å². The number of amides is 1. The van der Waals surface area contributed by atoms with Crippen molar-refractivity contribution in [3.8, 4) is 0 Å². The summed E-state index contributed by atoms with van der Waals surface area (Å²) < 4.78 is 0. The third kappa shape index (κ3) is 3.40. The monoisotopic (exact) mass is 350 g/mol. The molecule has 2 rings (SSSR count). The predicted octanol–water partition coefficient (Wildman–Crippen LogP) is -1.15. The van der Waals surface area contributed by atoms with Crippen LogP contribution in [0.4, 0.5) is 0 Å². The maximum Gasteiger partial charge on any atom is 1.00 e. The SMILES string of the molecule is CC(C)C(=O)[CH-]N1CC[C@]2(CCCN2C(C)C)C1=O.[Rb+]. The summed E-state index contributed by atoms with van der Waals surface area (Å²) in [4.78, 5) is 28.5. The van der Waals surface area contributed by atoms with E-state index in [2.05, 4.69) is 18.7 Å². The molecule has 20 heavy (non-hydrogen) atoms. The molecule has 1 amide bonds. The van der Waals surface area contributed by atoms with E-state index in [1.165, 1.54) is 6.54 Å². The first-order valence-corrected chi connectivity index (χ1v) is 7.35. The molecule has 0 bridgehead atoms. The first kappa shape index (κ1) is 18.8. The number of hydrogen-bond donors (Lipinski definition) is 0. The molecule has 2 saturated heterocycles. The van der Waals surface area contributed by atoms with E-state index in [0.29, 0.717) is 12.6 Å². The molecule has 0 radical (unpaired) electrons. The Labute approximate surface area is 171 Å². The fourth-order valence-corrected chi connectivity index (χ4v) is 3.36. The molecule has 0 aliphatic carbocycles. The van der Waals surface area contributed by atoms with E-state index in [9.17, 15) is 9.59 Å². The maximum atomic E-state index is 12.7. The summed E-state index contributed by atoms with van der Waals surface area (Å²) in [5, 5.41) is 0. The maximum absolute atomic E-state index is 12.7. The Bertz CT molecular complexity index is 384. The van der Waals surface area contributed by atoms with Gasteiger partial charge >= 0.3 is 58.2 Å². The van der Waals surface area contributed by atoms with Crippen LogP contribution in [-0.4, -0.2) is 46.2 Å². The summed E-state index contributed by atoms with van der Waals surface area (Å²) in [6, 6.07) is 0.382. The summed E-state index contributed by atoms with van der Waals surface area (Å²) in [7, 11) is 0. The number of Topliss-reactive ketones (excluding diaryl/α,β-unsaturated/α-hetero) is 1. The number of rotatable bonds is 4. The van der Waals surface area contributed by atoms with Crippen LogP contribution in [0.3, 0.4) is 0 Å². The molecule has 0 aromatic rings. The molecule has 4 nitrogen and oxygen atoms in total. The van der Waals surface area contributed by atoms with Crippen molar-refractivity contribution in [3.05, 3.63) is 6.54 Å². The van der Waals surface area contributed by atoms with Gasteiger partial charge in [-0.1, -0.05) is 13.8 Å². The van der Waals surface area contributed by atoms with Gasteiger partial charge in [0.1, 0.15) is 0 Å². The summed E-state index contributed by atoms with van der Waals surface area (Å²) in [5.74, 6) is 0.126. The van der Waals surface area contributed by atoms with E-state index in [0.717, 1.165) is 25.8 Å². The summed E-state index contributed by atoms with van der Waals surface area (Å²) >= 11 is 0. The van der Waals surface area contributed by atoms with Crippen molar-refractivity contribution in [1.82, 2.24) is 9.80 Å². The molecular formula is C15H25N2O2Rb. The van der Waals surface area contributed by atoms with Crippen molar-refractivity contribution in [2.45, 2.75) is 58.5 Å². The third-order valence-corrected chi connectivity index (χ3v) is 4.44. The van der Waals surface area contributed by atoms with Crippen LogP contribution >= 0.6 is 0 Å². The van der Waals surface area contributed by atoms with Gasteiger partial charge in [0.2, 0.25) is 5.91 Å². The number of nitrogens with zero attached hydrogens (tertiary/aromatic N) is 2. The van der Waals surface area contributed by atoms with E-state index in [1.807, 2.05) is 13.8 Å². The Hall–Kier alpha value is 0.775. The first-order valence-electron chi connectivity index (χ1n) is 7.35. The average molecular weight is 351 g/mol. The van der Waals surface area contributed by atoms with E-state index in [4.69, 9.17) is 0 Å². The van der Waals surface area contributed by atoms with Gasteiger partial charge in [-0.25, -0.2) is 6.54 Å². The van der Waals surface area contributed by atoms with Crippen molar-refractivity contribution in [3.63, 3.8) is 0 Å². The fraction of sp³-hybridized carbons (Fsp3) is 0.800. The minimum atomic E-state index is -0.331. The molecule has 0 aromatic carbocycles. The molecule has 1 atom stereocenters. The minimum Gasteiger partial charge on any atom is -0.469 e. The van der Waals surface area contributed by atoms with Gasteiger partial charge in [-0.15, -0.1) is 0 Å². The molecule has 0 saturated carbocycles. The summed E-state index contributed by atoms with van der Waals surface area (Å²) in [6.07, 6.45) is 2.87. The summed E-state index contributed by atoms with van der Waals surface area (Å²) in [5.41, 5.74) is -0.331. The summed E-state index contributed by atoms with van der Waals surface area (Å²) in [6.45, 7) is 11.2. The molecule has 0 unspecified atom stereocenters. The molecule has 2 aliphatic rings. The van der Waals surface area contributed by atoms with Crippen LogP contribution in [0, 0.1) is 12.5 Å². The number of hydrogen-bond acceptors (Lipinski definition) is 3. The average Bonchev–Trinajstić information content (AvgIpc) is 2.89. The predicted molar refractivity (Wildman–Crippen MR) is 74.3 cm³/mol. The Morgan fingerprint density at radius 2 is 1.85 bits per heavy atom. The van der Waals surface area contributed by atoms with Crippen LogP contribution in [0.2, 0.25) is 0 Å². The molecule has 1 spiro atoms. The van der Waals surface area contributed by atoms with Crippen molar-refractivity contribution in [2.24, 2.45) is 5.92 Å². The zero-order chi connectivity index (χ0) is 14.2. The Kier molecular flexibility index (Phi) is 6.93. The largest absolute Gasteiger partial charge is 1.00 e. The number of ketones is 1. The number of carbonyl (C=O) groups excluding carboxylic acids is 2. The van der Waals surface area contributed by atoms with E-state index < -0.39 is 0 Å². The standard InChI is InChI=1S/C15H25N2O2.Rb/c1-11(2)13(18)10-16-9-7-15(14(16)19)6-5-8-17(15)12(3)4;/h10-12H,5-9H2,1-4H3;/q-1;+1/t15-;/m1./s1. The van der Waals surface area contributed by atoms with Crippen LogP contribution in [0.5, 0.6) is 0 Å². The third-order valence-electron chi connectivity index (χ3n) is 4.44. The van der Waals surface area contributed by atoms with E-state index >= 15 is 0 Å². The van der Waals surface area contributed by atoms with Crippen molar-refractivity contribution < 1.29 is 67.8 Å². The Morgan fingerprint density at radius 1 is 1.20 bits per heavy atom. The van der Waals surface area contributed by atoms with Gasteiger partial charge in [-0.2, -0.15) is 0 Å². The smallest absolute Gasteiger partial charge is 0.469 e. The molecule has 0 N–H and O–H groups in total. The second kappa shape index (κ2) is 7.36. The zero-order valence-electron chi connectivity index (χ0n) is 13.5. The van der Waals surface area contributed by atoms with Gasteiger partial charge in [0, 0.05) is 11.8 Å². The van der Waals surface area contributed by atoms with Gasteiger partial charge in [-0.05, 0) is 52.1 Å². The second-order valence-electron chi connectivity index (χ2n) is 6.36. The Balaban J connectivity index is 0.00000200. The van der Waals surface area contributed by atoms with Gasteiger partial charge in [0.05, 0.1) is 5.54 Å². The first-order chi connectivity index (χ1) is 8.88. The van der Waals surface area contributed by atoms with Crippen LogP contribution < -0.4 is 58.2 Å². The normalized spacial score (nSPS) is 26.7. The van der Waals surface area contributed by atoms with E-state index in [-0.39, 0.29) is 81.3 Å². The van der Waals surface area contributed by atoms with Crippen LogP contribution in [0.1, 0.15) is 47.0 Å². The van der Waals surface area contributed by atoms with Crippen LogP contribution in [0.15, 0.2) is 0 Å². The van der Waals surface area contributed by atoms with Gasteiger partial charge in [-0.3, -0.25) is 9.69 Å². The van der Waals surface area contributed by atoms with Crippen molar-refractivity contribution in [2.75, 3.05) is 13.1 Å².